The summed E-state index contributed by atoms with van der Waals surface area (Å²) in [5, 5.41) is 11.1. The van der Waals surface area contributed by atoms with Gasteiger partial charge in [-0.25, -0.2) is 0 Å². The number of ether oxygens (including phenoxy) is 2. The quantitative estimate of drug-likeness (QED) is 0.180. The number of benzene rings is 2. The van der Waals surface area contributed by atoms with Crippen molar-refractivity contribution < 1.29 is 19.4 Å². The number of thioether (sulfide) groups is 1. The van der Waals surface area contributed by atoms with E-state index in [9.17, 15) is 9.90 Å². The standard InChI is InChI=1S/C32H43NO4S/c1-38-24-37-31(35)15-9-3-2-8-14-28-30(22-29(34)32(28)33-20-10-5-11-21-33)36-23-25-16-18-27(19-17-25)26-12-6-4-7-13-26/h2-4,6-7,12-13,16-19,28-30,32,34H,5,8-11,14-15,20-24H2,1H3/t28-,29-,30-,32+/m0/s1. The van der Waals surface area contributed by atoms with E-state index >= 15 is 0 Å². The first-order chi connectivity index (χ1) is 18.7. The fraction of sp³-hybridized carbons (Fsp3) is 0.531. The average Bonchev–Trinajstić information content (AvgIpc) is 3.28. The summed E-state index contributed by atoms with van der Waals surface area (Å²) in [5.41, 5.74) is 3.58. The Bertz CT molecular complexity index is 990. The van der Waals surface area contributed by atoms with E-state index in [1.165, 1.54) is 42.2 Å². The number of esters is 1. The van der Waals surface area contributed by atoms with Gasteiger partial charge in [0.25, 0.3) is 0 Å². The zero-order chi connectivity index (χ0) is 26.6. The van der Waals surface area contributed by atoms with Crippen molar-refractivity contribution in [2.24, 2.45) is 5.92 Å². The van der Waals surface area contributed by atoms with Gasteiger partial charge in [-0.1, -0.05) is 73.2 Å². The summed E-state index contributed by atoms with van der Waals surface area (Å²) >= 11 is 1.51. The number of hydrogen-bond donors (Lipinski definition) is 1. The molecule has 1 saturated heterocycles. The van der Waals surface area contributed by atoms with Crippen LogP contribution in [0.1, 0.15) is 56.9 Å². The maximum absolute atomic E-state index is 11.7. The highest BCUT2D eigenvalue weighted by Crippen LogP contribution is 2.38. The van der Waals surface area contributed by atoms with Crippen molar-refractivity contribution in [3.05, 3.63) is 72.3 Å². The number of aliphatic hydroxyl groups is 1. The van der Waals surface area contributed by atoms with Crippen LogP contribution in [0.25, 0.3) is 11.1 Å². The minimum absolute atomic E-state index is 0.0423. The highest BCUT2D eigenvalue weighted by Gasteiger charge is 2.45. The molecular weight excluding hydrogens is 494 g/mol. The second kappa shape index (κ2) is 15.5. The smallest absolute Gasteiger partial charge is 0.306 e. The van der Waals surface area contributed by atoms with Crippen LogP contribution in [0.4, 0.5) is 0 Å². The van der Waals surface area contributed by atoms with Crippen molar-refractivity contribution in [3.63, 3.8) is 0 Å². The van der Waals surface area contributed by atoms with Crippen LogP contribution >= 0.6 is 11.8 Å². The SMILES string of the molecule is CSCOC(=O)CCC=CCC[C@@H]1[C@@H](N2CCCCC2)[C@@H](O)C[C@@H]1OCc1ccc(-c2ccccc2)cc1. The average molecular weight is 538 g/mol. The number of aliphatic hydroxyl groups excluding tert-OH is 1. The minimum atomic E-state index is -0.348. The van der Waals surface area contributed by atoms with Crippen LogP contribution in [0.15, 0.2) is 66.7 Å². The Balaban J connectivity index is 1.33. The summed E-state index contributed by atoms with van der Waals surface area (Å²) in [6.07, 6.45) is 13.3. The van der Waals surface area contributed by atoms with Gasteiger partial charge in [-0.05, 0) is 68.1 Å². The minimum Gasteiger partial charge on any atom is -0.455 e. The van der Waals surface area contributed by atoms with Crippen LogP contribution in [-0.4, -0.2) is 59.5 Å². The van der Waals surface area contributed by atoms with Gasteiger partial charge >= 0.3 is 5.97 Å². The maximum atomic E-state index is 11.7. The van der Waals surface area contributed by atoms with Crippen molar-refractivity contribution in [1.82, 2.24) is 4.90 Å². The van der Waals surface area contributed by atoms with E-state index in [1.54, 1.807) is 0 Å². The Morgan fingerprint density at radius 2 is 1.71 bits per heavy atom. The third-order valence-electron chi connectivity index (χ3n) is 7.81. The molecule has 1 saturated carbocycles. The Morgan fingerprint density at radius 3 is 2.45 bits per heavy atom. The summed E-state index contributed by atoms with van der Waals surface area (Å²) in [4.78, 5) is 14.2. The number of likely N-dealkylation sites (tertiary alicyclic amines) is 1. The van der Waals surface area contributed by atoms with Gasteiger partial charge in [0.15, 0.2) is 0 Å². The molecule has 1 heterocycles. The molecule has 4 atom stereocenters. The van der Waals surface area contributed by atoms with Gasteiger partial charge in [0.2, 0.25) is 0 Å². The third kappa shape index (κ3) is 8.44. The van der Waals surface area contributed by atoms with Gasteiger partial charge in [0.05, 0.1) is 18.8 Å². The lowest BCUT2D eigenvalue weighted by atomic mass is 9.92. The van der Waals surface area contributed by atoms with E-state index in [2.05, 4.69) is 65.6 Å². The van der Waals surface area contributed by atoms with Gasteiger partial charge in [0, 0.05) is 24.8 Å². The van der Waals surface area contributed by atoms with Crippen molar-refractivity contribution in [3.8, 4) is 11.1 Å². The summed E-state index contributed by atoms with van der Waals surface area (Å²) < 4.78 is 11.6. The lowest BCUT2D eigenvalue weighted by molar-refractivity contribution is -0.141. The molecule has 1 aliphatic carbocycles. The van der Waals surface area contributed by atoms with Crippen molar-refractivity contribution >= 4 is 17.7 Å². The molecule has 0 aromatic heterocycles. The Hall–Kier alpha value is -2.12. The van der Waals surface area contributed by atoms with Crippen LogP contribution in [0.2, 0.25) is 0 Å². The molecule has 206 valence electrons. The van der Waals surface area contributed by atoms with Gasteiger partial charge in [-0.2, -0.15) is 0 Å². The van der Waals surface area contributed by atoms with Gasteiger partial charge in [-0.3, -0.25) is 9.69 Å². The number of piperidine rings is 1. The number of carbonyl (C=O) groups excluding carboxylic acids is 1. The highest BCUT2D eigenvalue weighted by molar-refractivity contribution is 7.98. The fourth-order valence-electron chi connectivity index (χ4n) is 5.89. The number of carbonyl (C=O) groups is 1. The van der Waals surface area contributed by atoms with E-state index in [0.29, 0.717) is 37.7 Å². The second-order valence-corrected chi connectivity index (χ2v) is 11.3. The van der Waals surface area contributed by atoms with Crippen LogP contribution in [0.3, 0.4) is 0 Å². The maximum Gasteiger partial charge on any atom is 0.306 e. The van der Waals surface area contributed by atoms with Crippen LogP contribution < -0.4 is 0 Å². The summed E-state index contributed by atoms with van der Waals surface area (Å²) in [6.45, 7) is 2.70. The van der Waals surface area contributed by atoms with E-state index < -0.39 is 0 Å². The van der Waals surface area contributed by atoms with Gasteiger partial charge < -0.3 is 14.6 Å². The highest BCUT2D eigenvalue weighted by atomic mass is 32.2. The van der Waals surface area contributed by atoms with E-state index in [-0.39, 0.29) is 24.2 Å². The molecule has 2 fully saturated rings. The molecule has 2 aliphatic rings. The molecule has 0 unspecified atom stereocenters. The predicted octanol–water partition coefficient (Wildman–Crippen LogP) is 6.45. The molecule has 5 nitrogen and oxygen atoms in total. The van der Waals surface area contributed by atoms with Crippen LogP contribution in [0, 0.1) is 5.92 Å². The van der Waals surface area contributed by atoms with Gasteiger partial charge in [0.1, 0.15) is 5.94 Å². The molecule has 2 aromatic carbocycles. The summed E-state index contributed by atoms with van der Waals surface area (Å²) in [6, 6.07) is 19.2. The molecule has 0 spiro atoms. The first-order valence-corrected chi connectivity index (χ1v) is 15.5. The van der Waals surface area contributed by atoms with E-state index in [4.69, 9.17) is 9.47 Å². The topological polar surface area (TPSA) is 59.0 Å². The number of nitrogens with zero attached hydrogens (tertiary/aromatic N) is 1. The Morgan fingerprint density at radius 1 is 1.00 bits per heavy atom. The van der Waals surface area contributed by atoms with Crippen molar-refractivity contribution in [1.29, 1.82) is 0 Å². The van der Waals surface area contributed by atoms with Gasteiger partial charge in [-0.15, -0.1) is 11.8 Å². The monoisotopic (exact) mass is 537 g/mol. The number of allylic oxidation sites excluding steroid dienone is 2. The summed E-state index contributed by atoms with van der Waals surface area (Å²) in [5.74, 6) is 0.574. The van der Waals surface area contributed by atoms with Crippen LogP contribution in [0.5, 0.6) is 0 Å². The second-order valence-electron chi connectivity index (χ2n) is 10.5. The number of rotatable bonds is 13. The molecule has 0 amide bonds. The Kier molecular flexibility index (Phi) is 11.8. The fourth-order valence-corrected chi connectivity index (χ4v) is 6.14. The molecule has 4 rings (SSSR count). The predicted molar refractivity (Wildman–Crippen MR) is 156 cm³/mol. The molecule has 2 aromatic rings. The normalized spacial score (nSPS) is 24.2. The molecular formula is C32H43NO4S. The third-order valence-corrected chi connectivity index (χ3v) is 8.16. The lowest BCUT2D eigenvalue weighted by Crippen LogP contribution is -2.47. The van der Waals surface area contributed by atoms with E-state index in [1.807, 2.05) is 12.3 Å². The molecule has 38 heavy (non-hydrogen) atoms. The molecule has 0 radical (unpaired) electrons. The zero-order valence-electron chi connectivity index (χ0n) is 22.7. The van der Waals surface area contributed by atoms with Crippen LogP contribution in [-0.2, 0) is 20.9 Å². The lowest BCUT2D eigenvalue weighted by Gasteiger charge is -2.38. The Labute approximate surface area is 232 Å². The van der Waals surface area contributed by atoms with Crippen molar-refractivity contribution in [2.75, 3.05) is 25.3 Å². The van der Waals surface area contributed by atoms with E-state index in [0.717, 1.165) is 31.5 Å². The first kappa shape index (κ1) is 28.9. The molecule has 1 N–H and O–H groups in total. The zero-order valence-corrected chi connectivity index (χ0v) is 23.5. The first-order valence-electron chi connectivity index (χ1n) is 14.1. The molecule has 6 heteroatoms. The summed E-state index contributed by atoms with van der Waals surface area (Å²) in [7, 11) is 0. The molecule has 0 bridgehead atoms. The number of hydrogen-bond acceptors (Lipinski definition) is 6. The van der Waals surface area contributed by atoms with Crippen molar-refractivity contribution in [2.45, 2.75) is 76.2 Å². The largest absolute Gasteiger partial charge is 0.455 e. The molecule has 1 aliphatic heterocycles.